The normalized spacial score (nSPS) is 11.9. The van der Waals surface area contributed by atoms with E-state index in [-0.39, 0.29) is 29.1 Å². The van der Waals surface area contributed by atoms with Gasteiger partial charge in [0.15, 0.2) is 0 Å². The molecule has 0 N–H and O–H groups in total. The Labute approximate surface area is 179 Å². The summed E-state index contributed by atoms with van der Waals surface area (Å²) < 4.78 is 82.7. The first-order chi connectivity index (χ1) is 14.9. The Hall–Kier alpha value is -3.54. The maximum Gasteiger partial charge on any atom is 0.453 e. The van der Waals surface area contributed by atoms with Crippen LogP contribution in [0.1, 0.15) is 23.0 Å². The van der Waals surface area contributed by atoms with Crippen LogP contribution < -0.4 is 14.3 Å². The number of ether oxygens (including phenoxy) is 2. The zero-order valence-electron chi connectivity index (χ0n) is 16.6. The first-order valence-electron chi connectivity index (χ1n) is 8.91. The Bertz CT molecular complexity index is 1330. The summed E-state index contributed by atoms with van der Waals surface area (Å²) in [6, 6.07) is 7.91. The van der Waals surface area contributed by atoms with Gasteiger partial charge in [-0.1, -0.05) is 0 Å². The van der Waals surface area contributed by atoms with Crippen LogP contribution in [0, 0.1) is 0 Å². The summed E-state index contributed by atoms with van der Waals surface area (Å²) in [6.45, 7) is 1.75. The van der Waals surface area contributed by atoms with Crippen molar-refractivity contribution in [1.29, 1.82) is 0 Å². The summed E-state index contributed by atoms with van der Waals surface area (Å²) in [5, 5.41) is -0.294. The summed E-state index contributed by atoms with van der Waals surface area (Å²) in [6.07, 6.45) is -4.36. The number of carbonyl (C=O) groups excluding carboxylic acids is 1. The number of hydrogen-bond donors (Lipinski definition) is 0. The third-order valence-electron chi connectivity index (χ3n) is 3.91. The molecule has 0 saturated carbocycles. The second-order valence-electron chi connectivity index (χ2n) is 6.38. The molecule has 8 nitrogen and oxygen atoms in total. The lowest BCUT2D eigenvalue weighted by atomic mass is 10.2. The molecule has 0 aliphatic carbocycles. The Morgan fingerprint density at radius 3 is 2.25 bits per heavy atom. The number of halogens is 3. The Kier molecular flexibility index (Phi) is 6.17. The summed E-state index contributed by atoms with van der Waals surface area (Å²) in [5.41, 5.74) is -1.55. The van der Waals surface area contributed by atoms with Crippen LogP contribution in [-0.2, 0) is 21.0 Å². The third kappa shape index (κ3) is 5.19. The van der Waals surface area contributed by atoms with Gasteiger partial charge in [-0.3, -0.25) is 4.79 Å². The predicted molar refractivity (Wildman–Crippen MR) is 105 cm³/mol. The smallest absolute Gasteiger partial charge is 0.453 e. The molecule has 2 aromatic carbocycles. The van der Waals surface area contributed by atoms with Gasteiger partial charge in [0.2, 0.25) is 11.2 Å². The van der Waals surface area contributed by atoms with Gasteiger partial charge in [0, 0.05) is 6.07 Å². The molecule has 0 atom stereocenters. The lowest BCUT2D eigenvalue weighted by Crippen LogP contribution is -2.15. The Morgan fingerprint density at radius 1 is 1.06 bits per heavy atom. The van der Waals surface area contributed by atoms with E-state index in [1.165, 1.54) is 24.3 Å². The average molecular weight is 472 g/mol. The summed E-state index contributed by atoms with van der Waals surface area (Å²) in [5.74, 6) is -3.97. The number of benzene rings is 2. The van der Waals surface area contributed by atoms with Crippen LogP contribution in [-0.4, -0.2) is 27.2 Å². The second-order valence-corrected chi connectivity index (χ2v) is 7.95. The standard InChI is InChI=1S/C20H15F3O8S/c1-3-28-19(25)11-4-6-12(7-5-11)29-17-16(24)14-9-8-13(31-32(2,26)27)10-15(14)30-18(17)20(21,22)23/h4-10H,3H2,1-2H3. The number of hydrogen-bond acceptors (Lipinski definition) is 8. The van der Waals surface area contributed by atoms with Crippen LogP contribution in [0.25, 0.3) is 11.0 Å². The van der Waals surface area contributed by atoms with Gasteiger partial charge in [0.25, 0.3) is 5.76 Å². The molecule has 0 unspecified atom stereocenters. The van der Waals surface area contributed by atoms with Crippen LogP contribution in [0.3, 0.4) is 0 Å². The van der Waals surface area contributed by atoms with Crippen LogP contribution >= 0.6 is 0 Å². The zero-order chi connectivity index (χ0) is 23.7. The van der Waals surface area contributed by atoms with E-state index in [1.807, 2.05) is 0 Å². The van der Waals surface area contributed by atoms with Crippen LogP contribution in [0.15, 0.2) is 51.7 Å². The molecule has 0 spiro atoms. The second kappa shape index (κ2) is 8.54. The van der Waals surface area contributed by atoms with Crippen molar-refractivity contribution in [3.63, 3.8) is 0 Å². The monoisotopic (exact) mass is 472 g/mol. The molecule has 0 amide bonds. The van der Waals surface area contributed by atoms with Crippen LogP contribution in [0.2, 0.25) is 0 Å². The molecule has 170 valence electrons. The quantitative estimate of drug-likeness (QED) is 0.389. The number of esters is 1. The molecule has 12 heteroatoms. The molecular weight excluding hydrogens is 457 g/mol. The van der Waals surface area contributed by atoms with E-state index in [4.69, 9.17) is 13.9 Å². The molecule has 3 aromatic rings. The summed E-state index contributed by atoms with van der Waals surface area (Å²) in [7, 11) is -3.96. The maximum atomic E-state index is 13.6. The van der Waals surface area contributed by atoms with Crippen molar-refractivity contribution in [2.24, 2.45) is 0 Å². The van der Waals surface area contributed by atoms with E-state index in [0.29, 0.717) is 0 Å². The minimum absolute atomic E-state index is 0.138. The van der Waals surface area contributed by atoms with E-state index < -0.39 is 44.8 Å². The maximum absolute atomic E-state index is 13.6. The summed E-state index contributed by atoms with van der Waals surface area (Å²) >= 11 is 0. The zero-order valence-corrected chi connectivity index (χ0v) is 17.4. The molecule has 0 fully saturated rings. The first kappa shape index (κ1) is 23.1. The van der Waals surface area contributed by atoms with Crippen molar-refractivity contribution in [2.75, 3.05) is 12.9 Å². The number of rotatable bonds is 6. The molecule has 0 aliphatic heterocycles. The topological polar surface area (TPSA) is 109 Å². The van der Waals surface area contributed by atoms with Crippen molar-refractivity contribution in [2.45, 2.75) is 13.1 Å². The molecule has 0 aliphatic rings. The highest BCUT2D eigenvalue weighted by Crippen LogP contribution is 2.38. The van der Waals surface area contributed by atoms with Gasteiger partial charge in [-0.05, 0) is 43.3 Å². The summed E-state index contributed by atoms with van der Waals surface area (Å²) in [4.78, 5) is 24.4. The highest BCUT2D eigenvalue weighted by molar-refractivity contribution is 7.86. The first-order valence-corrected chi connectivity index (χ1v) is 10.7. The minimum atomic E-state index is -5.11. The van der Waals surface area contributed by atoms with Crippen molar-refractivity contribution >= 4 is 27.1 Å². The highest BCUT2D eigenvalue weighted by Gasteiger charge is 2.40. The fourth-order valence-electron chi connectivity index (χ4n) is 2.65. The molecule has 0 radical (unpaired) electrons. The van der Waals surface area contributed by atoms with Crippen molar-refractivity contribution in [3.8, 4) is 17.2 Å². The van der Waals surface area contributed by atoms with Crippen molar-refractivity contribution in [1.82, 2.24) is 0 Å². The van der Waals surface area contributed by atoms with Gasteiger partial charge < -0.3 is 18.1 Å². The van der Waals surface area contributed by atoms with E-state index in [9.17, 15) is 31.2 Å². The molecule has 32 heavy (non-hydrogen) atoms. The van der Waals surface area contributed by atoms with Gasteiger partial charge in [0.05, 0.1) is 23.8 Å². The van der Waals surface area contributed by atoms with E-state index in [1.54, 1.807) is 6.92 Å². The predicted octanol–water partition coefficient (Wildman–Crippen LogP) is 4.12. The largest absolute Gasteiger partial charge is 0.462 e. The van der Waals surface area contributed by atoms with E-state index in [0.717, 1.165) is 24.5 Å². The van der Waals surface area contributed by atoms with Crippen LogP contribution in [0.4, 0.5) is 13.2 Å². The average Bonchev–Trinajstić information content (AvgIpc) is 2.68. The molecule has 1 heterocycles. The number of fused-ring (bicyclic) bond motifs is 1. The molecule has 3 rings (SSSR count). The Morgan fingerprint density at radius 2 is 1.69 bits per heavy atom. The van der Waals surface area contributed by atoms with Crippen molar-refractivity contribution in [3.05, 3.63) is 64.0 Å². The van der Waals surface area contributed by atoms with Gasteiger partial charge in [-0.2, -0.15) is 21.6 Å². The highest BCUT2D eigenvalue weighted by atomic mass is 32.2. The fourth-order valence-corrected chi connectivity index (χ4v) is 3.11. The van der Waals surface area contributed by atoms with Gasteiger partial charge >= 0.3 is 22.3 Å². The fraction of sp³-hybridized carbons (Fsp3) is 0.200. The number of alkyl halides is 3. The van der Waals surface area contributed by atoms with Gasteiger partial charge in [-0.15, -0.1) is 0 Å². The lowest BCUT2D eigenvalue weighted by Gasteiger charge is -2.14. The molecular formula is C20H15F3O8S. The van der Waals surface area contributed by atoms with Crippen molar-refractivity contribution < 1.29 is 44.5 Å². The van der Waals surface area contributed by atoms with Gasteiger partial charge in [0.1, 0.15) is 17.1 Å². The molecule has 0 saturated heterocycles. The molecule has 1 aromatic heterocycles. The lowest BCUT2D eigenvalue weighted by molar-refractivity contribution is -0.154. The van der Waals surface area contributed by atoms with Crippen LogP contribution in [0.5, 0.6) is 17.2 Å². The SMILES string of the molecule is CCOC(=O)c1ccc(Oc2c(C(F)(F)F)oc3cc(OS(C)(=O)=O)ccc3c2=O)cc1. The third-order valence-corrected chi connectivity index (χ3v) is 4.41. The molecule has 0 bridgehead atoms. The van der Waals surface area contributed by atoms with E-state index >= 15 is 0 Å². The van der Waals surface area contributed by atoms with E-state index in [2.05, 4.69) is 4.18 Å². The van der Waals surface area contributed by atoms with Gasteiger partial charge in [-0.25, -0.2) is 4.79 Å². The Balaban J connectivity index is 2.07. The minimum Gasteiger partial charge on any atom is -0.462 e. The number of carbonyl (C=O) groups is 1.